The quantitative estimate of drug-likeness (QED) is 0.510. The van der Waals surface area contributed by atoms with Crippen LogP contribution in [-0.4, -0.2) is 0 Å². The van der Waals surface area contributed by atoms with E-state index in [9.17, 15) is 0 Å². The average Bonchev–Trinajstić information content (AvgIpc) is 2.11. The molecule has 0 aromatic heterocycles. The van der Waals surface area contributed by atoms with E-state index in [2.05, 4.69) is 20.8 Å². The fourth-order valence-electron chi connectivity index (χ4n) is 0.321. The molecule has 0 N–H and O–H groups in total. The van der Waals surface area contributed by atoms with Crippen LogP contribution in [0.2, 0.25) is 0 Å². The van der Waals surface area contributed by atoms with E-state index in [0.717, 1.165) is 0 Å². The number of hydrogen-bond donors (Lipinski definition) is 0. The molecule has 0 aliphatic carbocycles. The van der Waals surface area contributed by atoms with Gasteiger partial charge in [0.25, 0.3) is 0 Å². The summed E-state index contributed by atoms with van der Waals surface area (Å²) in [5.74, 6) is 1.42. The van der Waals surface area contributed by atoms with Gasteiger partial charge in [-0.3, -0.25) is 0 Å². The van der Waals surface area contributed by atoms with Crippen molar-refractivity contribution in [2.24, 2.45) is 0 Å². The molecule has 0 amide bonds. The Hall–Kier alpha value is 0.220. The largest absolute Gasteiger partial charge is 4.00 e. The van der Waals surface area contributed by atoms with Gasteiger partial charge in [0.1, 0.15) is 0 Å². The third kappa shape index (κ3) is 15.7. The first-order valence-corrected chi connectivity index (χ1v) is 3.17. The van der Waals surface area contributed by atoms with Crippen molar-refractivity contribution in [3.05, 3.63) is 36.2 Å². The Kier molecular flexibility index (Phi) is 11.9. The third-order valence-corrected chi connectivity index (χ3v) is 0.556. The van der Waals surface area contributed by atoms with Crippen LogP contribution >= 0.6 is 0 Å². The van der Waals surface area contributed by atoms with Crippen LogP contribution in [0.1, 0.15) is 20.8 Å². The van der Waals surface area contributed by atoms with Crippen molar-refractivity contribution in [3.8, 4) is 0 Å². The zero-order valence-corrected chi connectivity index (χ0v) is 10.5. The van der Waals surface area contributed by atoms with Crippen LogP contribution in [0.3, 0.4) is 0 Å². The van der Waals surface area contributed by atoms with Gasteiger partial charge < -0.3 is 5.92 Å². The first-order chi connectivity index (χ1) is 4.23. The molecule has 52 valence electrons. The summed E-state index contributed by atoms with van der Waals surface area (Å²) in [4.78, 5) is 0. The molecule has 0 spiro atoms. The first kappa shape index (κ1) is 12.9. The molecule has 0 unspecified atom stereocenters. The normalized spacial score (nSPS) is 7.60. The fraction of sp³-hybridized carbons (Fsp3) is 0.333. The van der Waals surface area contributed by atoms with E-state index in [1.165, 1.54) is 5.92 Å². The van der Waals surface area contributed by atoms with Gasteiger partial charge in [0.2, 0.25) is 0 Å². The van der Waals surface area contributed by atoms with Crippen molar-refractivity contribution in [2.75, 3.05) is 0 Å². The van der Waals surface area contributed by atoms with Crippen molar-refractivity contribution >= 4 is 0 Å². The van der Waals surface area contributed by atoms with Crippen molar-refractivity contribution in [1.82, 2.24) is 0 Å². The Morgan fingerprint density at radius 3 is 1.40 bits per heavy atom. The van der Waals surface area contributed by atoms with Crippen LogP contribution in [0.4, 0.5) is 0 Å². The van der Waals surface area contributed by atoms with Gasteiger partial charge in [-0.1, -0.05) is 0 Å². The van der Waals surface area contributed by atoms with Crippen LogP contribution in [0.15, 0.2) is 30.3 Å². The smallest absolute Gasteiger partial charge is 0.323 e. The van der Waals surface area contributed by atoms with Crippen LogP contribution in [0, 0.1) is 5.92 Å². The van der Waals surface area contributed by atoms with Crippen LogP contribution in [0.5, 0.6) is 0 Å². The van der Waals surface area contributed by atoms with Crippen molar-refractivity contribution < 1.29 is 25.8 Å². The molecule has 1 aromatic rings. The zero-order chi connectivity index (χ0) is 7.11. The van der Waals surface area contributed by atoms with Gasteiger partial charge in [-0.2, -0.15) is 39.0 Å². The number of hydrogen-bond acceptors (Lipinski definition) is 0. The van der Waals surface area contributed by atoms with Crippen LogP contribution < -0.4 is 0 Å². The van der Waals surface area contributed by atoms with Crippen LogP contribution in [-0.2, 0) is 25.8 Å². The van der Waals surface area contributed by atoms with E-state index in [0.29, 0.717) is 0 Å². The van der Waals surface area contributed by atoms with E-state index in [1.54, 1.807) is 0 Å². The molecule has 0 saturated heterocycles. The van der Waals surface area contributed by atoms with E-state index >= 15 is 0 Å². The second kappa shape index (κ2) is 9.22. The Bertz CT molecular complexity index is 88.3. The molecule has 0 nitrogen and oxygen atoms in total. The molecular formula is C9H14Hf+2. The van der Waals surface area contributed by atoms with Crippen molar-refractivity contribution in [3.63, 3.8) is 0 Å². The topological polar surface area (TPSA) is 0 Å². The summed E-state index contributed by atoms with van der Waals surface area (Å²) in [5.41, 5.74) is 0. The van der Waals surface area contributed by atoms with Crippen molar-refractivity contribution in [1.29, 1.82) is 0 Å². The van der Waals surface area contributed by atoms with E-state index < -0.39 is 0 Å². The molecule has 0 aliphatic rings. The molecule has 0 radical (unpaired) electrons. The minimum Gasteiger partial charge on any atom is -0.323 e. The van der Waals surface area contributed by atoms with E-state index in [1.807, 2.05) is 30.3 Å². The fourth-order valence-corrected chi connectivity index (χ4v) is 0.321. The standard InChI is InChI=1S/C5H5.C4H9.Hf/c1-2-4-5-3-1;1-4(2)3;/h1-5H;1-3H3;/q2*-1;+4. The van der Waals surface area contributed by atoms with Gasteiger partial charge in [0.15, 0.2) is 0 Å². The Morgan fingerprint density at radius 1 is 1.00 bits per heavy atom. The summed E-state index contributed by atoms with van der Waals surface area (Å²) >= 11 is 0. The Balaban J connectivity index is 0. The number of rotatable bonds is 0. The summed E-state index contributed by atoms with van der Waals surface area (Å²) in [7, 11) is 0. The van der Waals surface area contributed by atoms with Crippen LogP contribution in [0.25, 0.3) is 0 Å². The average molecular weight is 301 g/mol. The molecular weight excluding hydrogens is 287 g/mol. The molecule has 0 heterocycles. The Morgan fingerprint density at radius 2 is 1.30 bits per heavy atom. The summed E-state index contributed by atoms with van der Waals surface area (Å²) in [6.45, 7) is 6.25. The molecule has 0 bridgehead atoms. The van der Waals surface area contributed by atoms with E-state index in [4.69, 9.17) is 0 Å². The third-order valence-electron chi connectivity index (χ3n) is 0.556. The molecule has 0 aliphatic heterocycles. The molecule has 0 fully saturated rings. The minimum atomic E-state index is 0. The molecule has 1 heteroatoms. The second-order valence-corrected chi connectivity index (χ2v) is 2.46. The first-order valence-electron chi connectivity index (χ1n) is 3.17. The van der Waals surface area contributed by atoms with E-state index in [-0.39, 0.29) is 25.8 Å². The minimum absolute atomic E-state index is 0. The maximum atomic E-state index is 2.08. The molecule has 1 rings (SSSR count). The molecule has 0 atom stereocenters. The van der Waals surface area contributed by atoms with Gasteiger partial charge in [-0.15, -0.1) is 0 Å². The van der Waals surface area contributed by atoms with Gasteiger partial charge in [-0.05, 0) is 0 Å². The predicted molar refractivity (Wildman–Crippen MR) is 42.3 cm³/mol. The van der Waals surface area contributed by atoms with Gasteiger partial charge in [-0.25, -0.2) is 12.1 Å². The zero-order valence-electron chi connectivity index (χ0n) is 6.89. The maximum Gasteiger partial charge on any atom is 4.00 e. The maximum absolute atomic E-state index is 2.08. The molecule has 10 heavy (non-hydrogen) atoms. The van der Waals surface area contributed by atoms with Gasteiger partial charge in [0.05, 0.1) is 0 Å². The monoisotopic (exact) mass is 302 g/mol. The summed E-state index contributed by atoms with van der Waals surface area (Å²) in [6.07, 6.45) is 0. The summed E-state index contributed by atoms with van der Waals surface area (Å²) in [6, 6.07) is 10.0. The molecule has 1 aromatic carbocycles. The van der Waals surface area contributed by atoms with Gasteiger partial charge >= 0.3 is 25.8 Å². The SMILES string of the molecule is C[C-](C)C.[Hf+4].c1cc[cH-]c1. The predicted octanol–water partition coefficient (Wildman–Crippen LogP) is 3.02. The summed E-state index contributed by atoms with van der Waals surface area (Å²) in [5, 5.41) is 0. The second-order valence-electron chi connectivity index (χ2n) is 2.46. The summed E-state index contributed by atoms with van der Waals surface area (Å²) < 4.78 is 0. The van der Waals surface area contributed by atoms with Gasteiger partial charge in [0, 0.05) is 0 Å². The molecule has 0 saturated carbocycles. The van der Waals surface area contributed by atoms with Crippen molar-refractivity contribution in [2.45, 2.75) is 20.8 Å². The Labute approximate surface area is 82.8 Å².